The number of furan rings is 1. The first-order valence-corrected chi connectivity index (χ1v) is 7.39. The van der Waals surface area contributed by atoms with Gasteiger partial charge in [0.25, 0.3) is 5.91 Å². The highest BCUT2D eigenvalue weighted by atomic mass is 127. The van der Waals surface area contributed by atoms with E-state index in [-0.39, 0.29) is 29.7 Å². The molecule has 4 N–H and O–H groups in total. The van der Waals surface area contributed by atoms with Gasteiger partial charge in [0.05, 0.1) is 6.54 Å². The average Bonchev–Trinajstić information content (AvgIpc) is 3.01. The fourth-order valence-electron chi connectivity index (χ4n) is 1.88. The normalized spacial score (nSPS) is 10.8. The topological polar surface area (TPSA) is 106 Å². The number of aliphatic imine (C=N–C) groups is 1. The van der Waals surface area contributed by atoms with Gasteiger partial charge in [-0.1, -0.05) is 17.7 Å². The van der Waals surface area contributed by atoms with Crippen LogP contribution in [0.2, 0.25) is 5.15 Å². The van der Waals surface area contributed by atoms with Crippen LogP contribution in [0.3, 0.4) is 0 Å². The number of amides is 1. The van der Waals surface area contributed by atoms with Gasteiger partial charge < -0.3 is 20.8 Å². The summed E-state index contributed by atoms with van der Waals surface area (Å²) in [6, 6.07) is 6.93. The molecule has 0 radical (unpaired) electrons. The van der Waals surface area contributed by atoms with Crippen molar-refractivity contribution < 1.29 is 9.21 Å². The molecule has 0 aliphatic heterocycles. The smallest absolute Gasteiger partial charge is 0.284 e. The number of primary amides is 1. The summed E-state index contributed by atoms with van der Waals surface area (Å²) in [5, 5.41) is 6.75. The van der Waals surface area contributed by atoms with Crippen molar-refractivity contribution in [2.45, 2.75) is 13.0 Å². The zero-order valence-corrected chi connectivity index (χ0v) is 16.2. The maximum absolute atomic E-state index is 11.0. The van der Waals surface area contributed by atoms with Crippen molar-refractivity contribution in [1.82, 2.24) is 15.6 Å². The first kappa shape index (κ1) is 20.2. The van der Waals surface area contributed by atoms with Crippen molar-refractivity contribution >= 4 is 47.4 Å². The van der Waals surface area contributed by atoms with Crippen molar-refractivity contribution in [3.8, 4) is 0 Å². The van der Waals surface area contributed by atoms with Gasteiger partial charge in [0, 0.05) is 19.8 Å². The molecule has 130 valence electrons. The molecule has 0 aliphatic carbocycles. The maximum atomic E-state index is 11.0. The third kappa shape index (κ3) is 6.36. The lowest BCUT2D eigenvalue weighted by Crippen LogP contribution is -2.37. The van der Waals surface area contributed by atoms with Gasteiger partial charge in [0.15, 0.2) is 11.7 Å². The number of rotatable bonds is 6. The van der Waals surface area contributed by atoms with Crippen molar-refractivity contribution in [3.05, 3.63) is 52.7 Å². The number of guanidine groups is 1. The number of nitrogens with zero attached hydrogens (tertiary/aromatic N) is 2. The van der Waals surface area contributed by atoms with E-state index in [1.54, 1.807) is 31.4 Å². The molecule has 1 amide bonds. The Labute approximate surface area is 162 Å². The van der Waals surface area contributed by atoms with Crippen LogP contribution in [0.15, 0.2) is 39.9 Å². The van der Waals surface area contributed by atoms with Gasteiger partial charge in [0.1, 0.15) is 10.9 Å². The van der Waals surface area contributed by atoms with Crippen LogP contribution in [-0.4, -0.2) is 30.4 Å². The van der Waals surface area contributed by atoms with Crippen molar-refractivity contribution in [2.24, 2.45) is 10.7 Å². The molecule has 24 heavy (non-hydrogen) atoms. The molecule has 0 unspecified atom stereocenters. The van der Waals surface area contributed by atoms with Gasteiger partial charge in [-0.25, -0.2) is 4.98 Å². The molecule has 2 aromatic heterocycles. The number of hydrogen-bond donors (Lipinski definition) is 3. The fourth-order valence-corrected chi connectivity index (χ4v) is 1.99. The highest BCUT2D eigenvalue weighted by Crippen LogP contribution is 2.07. The van der Waals surface area contributed by atoms with Crippen molar-refractivity contribution in [3.63, 3.8) is 0 Å². The SMILES string of the molecule is CN=C(NCCc1ccc(Cl)nc1)NCc1ccc(C(N)=O)o1.I. The summed E-state index contributed by atoms with van der Waals surface area (Å²) >= 11 is 5.75. The van der Waals surface area contributed by atoms with E-state index < -0.39 is 5.91 Å². The van der Waals surface area contributed by atoms with E-state index in [1.807, 2.05) is 6.07 Å². The highest BCUT2D eigenvalue weighted by molar-refractivity contribution is 14.0. The number of aromatic nitrogens is 1. The lowest BCUT2D eigenvalue weighted by Gasteiger charge is -2.10. The second-order valence-corrected chi connectivity index (χ2v) is 5.11. The Morgan fingerprint density at radius 3 is 2.71 bits per heavy atom. The Balaban J connectivity index is 0.00000288. The zero-order valence-electron chi connectivity index (χ0n) is 13.1. The number of hydrogen-bond acceptors (Lipinski definition) is 4. The summed E-state index contributed by atoms with van der Waals surface area (Å²) in [6.45, 7) is 1.09. The number of pyridine rings is 1. The van der Waals surface area contributed by atoms with Crippen molar-refractivity contribution in [2.75, 3.05) is 13.6 Å². The molecular formula is C15H19ClIN5O2. The molecule has 2 aromatic rings. The van der Waals surface area contributed by atoms with Crippen LogP contribution in [-0.2, 0) is 13.0 Å². The van der Waals surface area contributed by atoms with E-state index >= 15 is 0 Å². The minimum atomic E-state index is -0.588. The highest BCUT2D eigenvalue weighted by Gasteiger charge is 2.07. The van der Waals surface area contributed by atoms with Crippen LogP contribution >= 0.6 is 35.6 Å². The van der Waals surface area contributed by atoms with Crippen LogP contribution in [0.1, 0.15) is 21.9 Å². The lowest BCUT2D eigenvalue weighted by atomic mass is 10.2. The molecule has 0 atom stereocenters. The van der Waals surface area contributed by atoms with E-state index in [0.29, 0.717) is 30.0 Å². The molecule has 9 heteroatoms. The van der Waals surface area contributed by atoms with Gasteiger partial charge in [0.2, 0.25) is 0 Å². The third-order valence-electron chi connectivity index (χ3n) is 3.05. The monoisotopic (exact) mass is 463 g/mol. The number of nitrogens with two attached hydrogens (primary N) is 1. The summed E-state index contributed by atoms with van der Waals surface area (Å²) in [5.74, 6) is 0.780. The number of carbonyl (C=O) groups is 1. The van der Waals surface area contributed by atoms with Gasteiger partial charge in [-0.05, 0) is 30.2 Å². The van der Waals surface area contributed by atoms with Gasteiger partial charge in [-0.2, -0.15) is 0 Å². The van der Waals surface area contributed by atoms with E-state index in [4.69, 9.17) is 21.8 Å². The van der Waals surface area contributed by atoms with E-state index in [9.17, 15) is 4.79 Å². The number of nitrogens with one attached hydrogen (secondary N) is 2. The summed E-state index contributed by atoms with van der Waals surface area (Å²) in [6.07, 6.45) is 2.53. The minimum absolute atomic E-state index is 0. The Kier molecular flexibility index (Phi) is 8.55. The summed E-state index contributed by atoms with van der Waals surface area (Å²) in [5.41, 5.74) is 6.22. The molecule has 0 spiro atoms. The third-order valence-corrected chi connectivity index (χ3v) is 3.28. The zero-order chi connectivity index (χ0) is 16.7. The molecule has 7 nitrogen and oxygen atoms in total. The van der Waals surface area contributed by atoms with Gasteiger partial charge >= 0.3 is 0 Å². The fraction of sp³-hybridized carbons (Fsp3) is 0.267. The molecule has 0 bridgehead atoms. The molecule has 2 rings (SSSR count). The lowest BCUT2D eigenvalue weighted by molar-refractivity contribution is 0.0972. The molecule has 0 saturated carbocycles. The average molecular weight is 464 g/mol. The Hall–Kier alpha value is -1.81. The van der Waals surface area contributed by atoms with Crippen LogP contribution in [0.4, 0.5) is 0 Å². The Morgan fingerprint density at radius 2 is 2.12 bits per heavy atom. The van der Waals surface area contributed by atoms with Crippen molar-refractivity contribution in [1.29, 1.82) is 0 Å². The Morgan fingerprint density at radius 1 is 1.33 bits per heavy atom. The van der Waals surface area contributed by atoms with Crippen LogP contribution in [0.5, 0.6) is 0 Å². The van der Waals surface area contributed by atoms with Crippen LogP contribution in [0.25, 0.3) is 0 Å². The Bertz CT molecular complexity index is 687. The second kappa shape index (κ2) is 10.1. The largest absolute Gasteiger partial charge is 0.454 e. The predicted molar refractivity (Wildman–Crippen MR) is 104 cm³/mol. The number of halogens is 2. The number of carbonyl (C=O) groups excluding carboxylic acids is 1. The van der Waals surface area contributed by atoms with Crippen LogP contribution in [0, 0.1) is 0 Å². The molecular weight excluding hydrogens is 445 g/mol. The molecule has 2 heterocycles. The first-order chi connectivity index (χ1) is 11.1. The minimum Gasteiger partial charge on any atom is -0.454 e. The summed E-state index contributed by atoms with van der Waals surface area (Å²) in [7, 11) is 1.68. The molecule has 0 fully saturated rings. The predicted octanol–water partition coefficient (Wildman–Crippen LogP) is 1.95. The van der Waals surface area contributed by atoms with Gasteiger partial charge in [-0.3, -0.25) is 9.79 Å². The van der Waals surface area contributed by atoms with E-state index in [1.165, 1.54) is 0 Å². The van der Waals surface area contributed by atoms with E-state index in [0.717, 1.165) is 12.0 Å². The molecule has 0 aliphatic rings. The van der Waals surface area contributed by atoms with Crippen LogP contribution < -0.4 is 16.4 Å². The maximum Gasteiger partial charge on any atom is 0.284 e. The second-order valence-electron chi connectivity index (χ2n) is 4.72. The summed E-state index contributed by atoms with van der Waals surface area (Å²) < 4.78 is 5.28. The van der Waals surface area contributed by atoms with Gasteiger partial charge in [-0.15, -0.1) is 24.0 Å². The van der Waals surface area contributed by atoms with E-state index in [2.05, 4.69) is 20.6 Å². The summed E-state index contributed by atoms with van der Waals surface area (Å²) in [4.78, 5) is 19.1. The first-order valence-electron chi connectivity index (χ1n) is 7.02. The molecule has 0 saturated heterocycles. The standard InChI is InChI=1S/C15H18ClN5O2.HI/c1-18-15(19-7-6-10-2-5-13(16)20-8-10)21-9-11-3-4-12(23-11)14(17)22;/h2-5,8H,6-7,9H2,1H3,(H2,17,22)(H2,18,19,21);1H. The molecule has 0 aromatic carbocycles. The quantitative estimate of drug-likeness (QED) is 0.263.